The first-order valence-corrected chi connectivity index (χ1v) is 7.20. The molecule has 1 aromatic rings. The second-order valence-corrected chi connectivity index (χ2v) is 6.40. The van der Waals surface area contributed by atoms with Crippen molar-refractivity contribution in [3.63, 3.8) is 0 Å². The number of carbonyl (C=O) groups excluding carboxylic acids is 2. The van der Waals surface area contributed by atoms with Crippen LogP contribution in [0.5, 0.6) is 0 Å². The van der Waals surface area contributed by atoms with Crippen molar-refractivity contribution in [3.05, 3.63) is 22.5 Å². The maximum absolute atomic E-state index is 12.2. The third-order valence-electron chi connectivity index (χ3n) is 2.92. The third-order valence-corrected chi connectivity index (χ3v) is 2.92. The third kappa shape index (κ3) is 4.62. The van der Waals surface area contributed by atoms with E-state index in [-0.39, 0.29) is 5.41 Å². The average molecular weight is 295 g/mol. The van der Waals surface area contributed by atoms with E-state index in [2.05, 4.69) is 4.98 Å². The highest BCUT2D eigenvalue weighted by Crippen LogP contribution is 2.21. The van der Waals surface area contributed by atoms with E-state index in [1.807, 2.05) is 27.7 Å². The lowest BCUT2D eigenvalue weighted by atomic mass is 9.98. The molecule has 1 N–H and O–H groups in total. The highest BCUT2D eigenvalue weighted by atomic mass is 16.5. The molecule has 21 heavy (non-hydrogen) atoms. The first-order valence-electron chi connectivity index (χ1n) is 7.20. The smallest absolute Gasteiger partial charge is 0.355 e. The fourth-order valence-corrected chi connectivity index (χ4v) is 1.88. The summed E-state index contributed by atoms with van der Waals surface area (Å²) in [4.78, 5) is 27.0. The predicted molar refractivity (Wildman–Crippen MR) is 80.6 cm³/mol. The van der Waals surface area contributed by atoms with Crippen LogP contribution in [0.3, 0.4) is 0 Å². The average Bonchev–Trinajstić information content (AvgIpc) is 2.68. The Morgan fingerprint density at radius 1 is 1.10 bits per heavy atom. The largest absolute Gasteiger partial charge is 0.461 e. The molecule has 1 aromatic heterocycles. The zero-order chi connectivity index (χ0) is 16.2. The van der Waals surface area contributed by atoms with Crippen LogP contribution in [0.4, 0.5) is 0 Å². The molecule has 118 valence electrons. The van der Waals surface area contributed by atoms with Crippen molar-refractivity contribution in [3.8, 4) is 0 Å². The van der Waals surface area contributed by atoms with Gasteiger partial charge in [-0.25, -0.2) is 9.59 Å². The summed E-state index contributed by atoms with van der Waals surface area (Å²) < 4.78 is 10.4. The van der Waals surface area contributed by atoms with Crippen molar-refractivity contribution in [2.75, 3.05) is 13.2 Å². The number of aryl methyl sites for hydroxylation is 1. The highest BCUT2D eigenvalue weighted by Gasteiger charge is 2.24. The van der Waals surface area contributed by atoms with Crippen LogP contribution in [0.1, 0.15) is 66.2 Å². The Morgan fingerprint density at radius 3 is 2.24 bits per heavy atom. The van der Waals surface area contributed by atoms with Gasteiger partial charge in [0.2, 0.25) is 0 Å². The van der Waals surface area contributed by atoms with E-state index in [1.54, 1.807) is 13.8 Å². The van der Waals surface area contributed by atoms with E-state index < -0.39 is 11.9 Å². The summed E-state index contributed by atoms with van der Waals surface area (Å²) in [6.07, 6.45) is 0.755. The van der Waals surface area contributed by atoms with Gasteiger partial charge in [0.15, 0.2) is 0 Å². The van der Waals surface area contributed by atoms with Crippen molar-refractivity contribution < 1.29 is 19.1 Å². The summed E-state index contributed by atoms with van der Waals surface area (Å²) >= 11 is 0. The Morgan fingerprint density at radius 2 is 1.71 bits per heavy atom. The van der Waals surface area contributed by atoms with Crippen molar-refractivity contribution in [1.82, 2.24) is 4.98 Å². The number of nitrogens with one attached hydrogen (secondary N) is 1. The van der Waals surface area contributed by atoms with Crippen LogP contribution in [0.15, 0.2) is 0 Å². The van der Waals surface area contributed by atoms with Gasteiger partial charge in [0.1, 0.15) is 5.69 Å². The Hall–Kier alpha value is -1.78. The molecular weight excluding hydrogens is 270 g/mol. The van der Waals surface area contributed by atoms with Gasteiger partial charge in [-0.15, -0.1) is 0 Å². The monoisotopic (exact) mass is 295 g/mol. The molecular formula is C16H25NO4. The maximum atomic E-state index is 12.2. The Bertz CT molecular complexity index is 523. The fraction of sp³-hybridized carbons (Fsp3) is 0.625. The second-order valence-electron chi connectivity index (χ2n) is 6.40. The molecule has 0 aliphatic heterocycles. The molecule has 0 aromatic carbocycles. The Kier molecular flexibility index (Phi) is 5.58. The lowest BCUT2D eigenvalue weighted by Crippen LogP contribution is -2.19. The van der Waals surface area contributed by atoms with Gasteiger partial charge < -0.3 is 14.5 Å². The van der Waals surface area contributed by atoms with Gasteiger partial charge in [0.25, 0.3) is 0 Å². The van der Waals surface area contributed by atoms with Gasteiger partial charge in [0, 0.05) is 5.69 Å². The SMILES string of the molecule is CCCOC(=O)c1[nH]c(C)c(C(=O)OCC(C)(C)C)c1C. The molecule has 0 amide bonds. The molecule has 0 radical (unpaired) electrons. The number of rotatable bonds is 5. The number of hydrogen-bond donors (Lipinski definition) is 1. The molecule has 5 nitrogen and oxygen atoms in total. The molecule has 0 saturated carbocycles. The maximum Gasteiger partial charge on any atom is 0.355 e. The lowest BCUT2D eigenvalue weighted by Gasteiger charge is -2.17. The quantitative estimate of drug-likeness (QED) is 0.845. The molecule has 0 aliphatic carbocycles. The predicted octanol–water partition coefficient (Wildman–Crippen LogP) is 3.40. The van der Waals surface area contributed by atoms with Crippen LogP contribution in [0, 0.1) is 19.3 Å². The molecule has 0 spiro atoms. The molecule has 0 unspecified atom stereocenters. The molecule has 0 saturated heterocycles. The standard InChI is InChI=1S/C16H25NO4/c1-7-8-20-15(19)13-10(2)12(11(3)17-13)14(18)21-9-16(4,5)6/h17H,7-9H2,1-6H3. The summed E-state index contributed by atoms with van der Waals surface area (Å²) in [7, 11) is 0. The number of hydrogen-bond acceptors (Lipinski definition) is 4. The topological polar surface area (TPSA) is 68.4 Å². The minimum Gasteiger partial charge on any atom is -0.461 e. The first kappa shape index (κ1) is 17.3. The molecule has 5 heteroatoms. The van der Waals surface area contributed by atoms with Gasteiger partial charge in [-0.2, -0.15) is 0 Å². The molecule has 1 heterocycles. The van der Waals surface area contributed by atoms with E-state index in [1.165, 1.54) is 0 Å². The van der Waals surface area contributed by atoms with E-state index in [9.17, 15) is 9.59 Å². The van der Waals surface area contributed by atoms with Gasteiger partial charge >= 0.3 is 11.9 Å². The summed E-state index contributed by atoms with van der Waals surface area (Å²) in [5.74, 6) is -0.849. The van der Waals surface area contributed by atoms with E-state index in [0.717, 1.165) is 6.42 Å². The molecule has 0 atom stereocenters. The van der Waals surface area contributed by atoms with Crippen LogP contribution >= 0.6 is 0 Å². The highest BCUT2D eigenvalue weighted by molar-refractivity contribution is 5.98. The van der Waals surface area contributed by atoms with E-state index in [4.69, 9.17) is 9.47 Å². The number of aromatic nitrogens is 1. The molecule has 0 fully saturated rings. The second kappa shape index (κ2) is 6.78. The van der Waals surface area contributed by atoms with Crippen molar-refractivity contribution in [2.45, 2.75) is 48.0 Å². The Balaban J connectivity index is 2.92. The first-order chi connectivity index (χ1) is 9.67. The van der Waals surface area contributed by atoms with E-state index in [0.29, 0.717) is 35.7 Å². The number of H-pyrrole nitrogens is 1. The van der Waals surface area contributed by atoms with Crippen LogP contribution < -0.4 is 0 Å². The zero-order valence-electron chi connectivity index (χ0n) is 13.8. The van der Waals surface area contributed by atoms with Crippen molar-refractivity contribution in [1.29, 1.82) is 0 Å². The molecule has 1 rings (SSSR count). The lowest BCUT2D eigenvalue weighted by molar-refractivity contribution is 0.0365. The molecule has 0 bridgehead atoms. The normalized spacial score (nSPS) is 11.3. The Labute approximate surface area is 126 Å². The van der Waals surface area contributed by atoms with Crippen LogP contribution in [-0.4, -0.2) is 30.1 Å². The molecule has 0 aliphatic rings. The van der Waals surface area contributed by atoms with Gasteiger partial charge in [-0.3, -0.25) is 0 Å². The number of ether oxygens (including phenoxy) is 2. The number of esters is 2. The minimum absolute atomic E-state index is 0.101. The van der Waals surface area contributed by atoms with Crippen LogP contribution in [0.25, 0.3) is 0 Å². The van der Waals surface area contributed by atoms with Crippen molar-refractivity contribution >= 4 is 11.9 Å². The van der Waals surface area contributed by atoms with Gasteiger partial charge in [-0.1, -0.05) is 27.7 Å². The zero-order valence-corrected chi connectivity index (χ0v) is 13.8. The van der Waals surface area contributed by atoms with Crippen LogP contribution in [0.2, 0.25) is 0 Å². The van der Waals surface area contributed by atoms with E-state index >= 15 is 0 Å². The van der Waals surface area contributed by atoms with Gasteiger partial charge in [-0.05, 0) is 31.2 Å². The fourth-order valence-electron chi connectivity index (χ4n) is 1.88. The number of aromatic amines is 1. The summed E-state index contributed by atoms with van der Waals surface area (Å²) in [5, 5.41) is 0. The number of carbonyl (C=O) groups is 2. The minimum atomic E-state index is -0.438. The van der Waals surface area contributed by atoms with Crippen molar-refractivity contribution in [2.24, 2.45) is 5.41 Å². The summed E-state index contributed by atoms with van der Waals surface area (Å²) in [6, 6.07) is 0. The summed E-state index contributed by atoms with van der Waals surface area (Å²) in [6.45, 7) is 12.1. The summed E-state index contributed by atoms with van der Waals surface area (Å²) in [5.41, 5.74) is 1.84. The van der Waals surface area contributed by atoms with Gasteiger partial charge in [0.05, 0.1) is 18.8 Å². The van der Waals surface area contributed by atoms with Crippen LogP contribution in [-0.2, 0) is 9.47 Å².